The molecule has 2 N–H and O–H groups in total. The highest BCUT2D eigenvalue weighted by atomic mass is 35.5. The molecule has 1 fully saturated rings. The van der Waals surface area contributed by atoms with Gasteiger partial charge in [-0.05, 0) is 26.8 Å². The molecular weight excluding hydrogens is 551 g/mol. The lowest BCUT2D eigenvalue weighted by molar-refractivity contribution is -0.0451. The molecule has 0 spiro atoms. The second kappa shape index (κ2) is 10.6. The van der Waals surface area contributed by atoms with Crippen molar-refractivity contribution in [2.45, 2.75) is 32.5 Å². The fraction of sp³-hybridized carbons (Fsp3) is 0.348. The van der Waals surface area contributed by atoms with Gasteiger partial charge in [-0.15, -0.1) is 4.80 Å². The first-order valence-corrected chi connectivity index (χ1v) is 12.6. The molecule has 1 atom stereocenters. The monoisotopic (exact) mass is 574 g/mol. The number of nitrogens with one attached hydrogen (secondary N) is 2. The van der Waals surface area contributed by atoms with Gasteiger partial charge >= 0.3 is 12.1 Å². The van der Waals surface area contributed by atoms with Crippen LogP contribution >= 0.6 is 23.2 Å². The molecule has 0 aromatic carbocycles. The van der Waals surface area contributed by atoms with E-state index in [2.05, 4.69) is 35.9 Å². The molecule has 0 aliphatic carbocycles. The number of amides is 3. The lowest BCUT2D eigenvalue weighted by Gasteiger charge is -2.34. The molecule has 16 heteroatoms. The zero-order chi connectivity index (χ0) is 27.7. The van der Waals surface area contributed by atoms with Crippen molar-refractivity contribution < 1.29 is 19.1 Å². The number of aromatic nitrogens is 7. The summed E-state index contributed by atoms with van der Waals surface area (Å²) in [5, 5.41) is 18.2. The zero-order valence-corrected chi connectivity index (χ0v) is 22.6. The maximum atomic E-state index is 13.0. The first-order valence-electron chi connectivity index (χ1n) is 11.8. The normalized spacial score (nSPS) is 15.8. The highest BCUT2D eigenvalue weighted by Gasteiger charge is 2.32. The second-order valence-electron chi connectivity index (χ2n) is 9.51. The average molecular weight is 575 g/mol. The maximum Gasteiger partial charge on any atom is 0.410 e. The van der Waals surface area contributed by atoms with Crippen molar-refractivity contribution in [2.75, 3.05) is 30.3 Å². The Balaban J connectivity index is 1.38. The standard InChI is InChI=1S/C23H24Cl2N10O4/c1-23(2,3)39-22(37)33-6-7-38-16(12-33)19-15(11-26-18-9-17(25)32-34(18)19)31-21(36)30-13-8-14(24)20(27-10-13)35-28-4-5-29-35/h4-5,8-11,16H,6-7,12H2,1-3H3,(H2,30,31,36). The molecule has 204 valence electrons. The number of hydrogen-bond donors (Lipinski definition) is 2. The number of hydrogen-bond acceptors (Lipinski definition) is 9. The van der Waals surface area contributed by atoms with Crippen molar-refractivity contribution >= 4 is 52.3 Å². The number of fused-ring (bicyclic) bond motifs is 1. The molecule has 5 heterocycles. The molecule has 3 amide bonds. The van der Waals surface area contributed by atoms with Crippen molar-refractivity contribution in [3.05, 3.63) is 52.8 Å². The van der Waals surface area contributed by atoms with Gasteiger partial charge in [-0.1, -0.05) is 23.2 Å². The van der Waals surface area contributed by atoms with Gasteiger partial charge in [-0.2, -0.15) is 15.3 Å². The fourth-order valence-electron chi connectivity index (χ4n) is 3.89. The predicted molar refractivity (Wildman–Crippen MR) is 141 cm³/mol. The number of morpholine rings is 1. The van der Waals surface area contributed by atoms with Crippen LogP contribution in [0.5, 0.6) is 0 Å². The maximum absolute atomic E-state index is 13.0. The number of pyridine rings is 1. The van der Waals surface area contributed by atoms with E-state index in [4.69, 9.17) is 32.7 Å². The van der Waals surface area contributed by atoms with E-state index in [-0.39, 0.29) is 23.3 Å². The Labute approximate surface area is 232 Å². The summed E-state index contributed by atoms with van der Waals surface area (Å²) >= 11 is 12.5. The van der Waals surface area contributed by atoms with E-state index in [1.807, 2.05) is 0 Å². The molecule has 0 saturated carbocycles. The minimum Gasteiger partial charge on any atom is -0.444 e. The zero-order valence-electron chi connectivity index (χ0n) is 21.1. The average Bonchev–Trinajstić information content (AvgIpc) is 3.52. The number of anilines is 2. The van der Waals surface area contributed by atoms with Crippen molar-refractivity contribution in [3.63, 3.8) is 0 Å². The summed E-state index contributed by atoms with van der Waals surface area (Å²) < 4.78 is 13.0. The van der Waals surface area contributed by atoms with Gasteiger partial charge in [0, 0.05) is 12.6 Å². The third kappa shape index (κ3) is 6.02. The van der Waals surface area contributed by atoms with Crippen LogP contribution in [0.2, 0.25) is 10.2 Å². The van der Waals surface area contributed by atoms with Crippen LogP contribution in [-0.2, 0) is 9.47 Å². The van der Waals surface area contributed by atoms with Crippen LogP contribution in [0, 0.1) is 0 Å². The van der Waals surface area contributed by atoms with Crippen molar-refractivity contribution in [3.8, 4) is 5.82 Å². The number of rotatable bonds is 4. The molecule has 0 radical (unpaired) electrons. The van der Waals surface area contributed by atoms with E-state index in [0.717, 1.165) is 0 Å². The van der Waals surface area contributed by atoms with E-state index in [1.54, 1.807) is 31.7 Å². The van der Waals surface area contributed by atoms with Crippen molar-refractivity contribution in [1.29, 1.82) is 0 Å². The molecule has 4 aromatic rings. The third-order valence-electron chi connectivity index (χ3n) is 5.45. The van der Waals surface area contributed by atoms with E-state index in [9.17, 15) is 9.59 Å². The highest BCUT2D eigenvalue weighted by molar-refractivity contribution is 6.32. The molecule has 1 saturated heterocycles. The Morgan fingerprint density at radius 1 is 1.10 bits per heavy atom. The lowest BCUT2D eigenvalue weighted by Crippen LogP contribution is -2.45. The second-order valence-corrected chi connectivity index (χ2v) is 10.3. The van der Waals surface area contributed by atoms with Crippen LogP contribution in [0.25, 0.3) is 11.5 Å². The van der Waals surface area contributed by atoms with Gasteiger partial charge in [0.25, 0.3) is 0 Å². The largest absolute Gasteiger partial charge is 0.444 e. The minimum absolute atomic E-state index is 0.157. The Bertz CT molecular complexity index is 1520. The van der Waals surface area contributed by atoms with E-state index in [1.165, 1.54) is 40.2 Å². The molecule has 0 bridgehead atoms. The van der Waals surface area contributed by atoms with Gasteiger partial charge in [-0.3, -0.25) is 0 Å². The first-order chi connectivity index (χ1) is 18.6. The Hall–Kier alpha value is -4.01. The molecular formula is C23H24Cl2N10O4. The molecule has 1 aliphatic rings. The number of carbonyl (C=O) groups is 2. The Morgan fingerprint density at radius 3 is 2.59 bits per heavy atom. The molecule has 14 nitrogen and oxygen atoms in total. The molecule has 1 unspecified atom stereocenters. The van der Waals surface area contributed by atoms with Crippen molar-refractivity contribution in [2.24, 2.45) is 0 Å². The molecule has 5 rings (SSSR count). The van der Waals surface area contributed by atoms with Crippen LogP contribution in [0.15, 0.2) is 36.9 Å². The van der Waals surface area contributed by atoms with Gasteiger partial charge in [0.1, 0.15) is 17.4 Å². The van der Waals surface area contributed by atoms with E-state index < -0.39 is 23.8 Å². The number of urea groups is 1. The van der Waals surface area contributed by atoms with Crippen LogP contribution < -0.4 is 10.6 Å². The quantitative estimate of drug-likeness (QED) is 0.368. The van der Waals surface area contributed by atoms with Crippen LogP contribution in [0.4, 0.5) is 21.0 Å². The summed E-state index contributed by atoms with van der Waals surface area (Å²) in [6.45, 7) is 6.14. The van der Waals surface area contributed by atoms with Gasteiger partial charge in [-0.25, -0.2) is 24.1 Å². The number of ether oxygens (including phenoxy) is 2. The fourth-order valence-corrected chi connectivity index (χ4v) is 4.31. The SMILES string of the molecule is CC(C)(C)OC(=O)N1CCOC(c2c(NC(=O)Nc3cnc(-n4nccn4)c(Cl)c3)cnc3cc(Cl)nn23)C1. The Morgan fingerprint density at radius 2 is 1.87 bits per heavy atom. The predicted octanol–water partition coefficient (Wildman–Crippen LogP) is 3.96. The summed E-state index contributed by atoms with van der Waals surface area (Å²) in [4.78, 5) is 37.1. The summed E-state index contributed by atoms with van der Waals surface area (Å²) in [6.07, 6.45) is 4.74. The van der Waals surface area contributed by atoms with Gasteiger partial charge < -0.3 is 25.0 Å². The van der Waals surface area contributed by atoms with Crippen LogP contribution in [0.3, 0.4) is 0 Å². The lowest BCUT2D eigenvalue weighted by atomic mass is 10.1. The number of nitrogens with zero attached hydrogens (tertiary/aromatic N) is 8. The third-order valence-corrected chi connectivity index (χ3v) is 5.91. The van der Waals surface area contributed by atoms with Crippen LogP contribution in [-0.4, -0.2) is 76.9 Å². The number of halogens is 2. The van der Waals surface area contributed by atoms with Crippen molar-refractivity contribution in [1.82, 2.24) is 39.5 Å². The molecule has 1 aliphatic heterocycles. The van der Waals surface area contributed by atoms with Gasteiger partial charge in [0.15, 0.2) is 16.6 Å². The van der Waals surface area contributed by atoms with Gasteiger partial charge in [0.05, 0.1) is 54.3 Å². The van der Waals surface area contributed by atoms with Crippen LogP contribution in [0.1, 0.15) is 32.6 Å². The van der Waals surface area contributed by atoms with E-state index >= 15 is 0 Å². The smallest absolute Gasteiger partial charge is 0.410 e. The summed E-state index contributed by atoms with van der Waals surface area (Å²) in [7, 11) is 0. The molecule has 39 heavy (non-hydrogen) atoms. The summed E-state index contributed by atoms with van der Waals surface area (Å²) in [5.74, 6) is 0.309. The minimum atomic E-state index is -0.667. The van der Waals surface area contributed by atoms with Gasteiger partial charge in [0.2, 0.25) is 0 Å². The molecule has 4 aromatic heterocycles. The summed E-state index contributed by atoms with van der Waals surface area (Å²) in [5.41, 5.74) is 0.868. The number of carbonyl (C=O) groups excluding carboxylic acids is 2. The van der Waals surface area contributed by atoms with E-state index in [0.29, 0.717) is 35.1 Å². The Kier molecular flexibility index (Phi) is 7.25. The topological polar surface area (TPSA) is 154 Å². The first kappa shape index (κ1) is 26.6. The highest BCUT2D eigenvalue weighted by Crippen LogP contribution is 2.30. The summed E-state index contributed by atoms with van der Waals surface area (Å²) in [6, 6.07) is 2.50.